The number of rotatable bonds is 5. The zero-order valence-corrected chi connectivity index (χ0v) is 17.9. The summed E-state index contributed by atoms with van der Waals surface area (Å²) >= 11 is 1.57. The molecule has 154 valence electrons. The zero-order chi connectivity index (χ0) is 21.3. The smallest absolute Gasteiger partial charge is 0.268 e. The highest BCUT2D eigenvalue weighted by molar-refractivity contribution is 7.09. The van der Waals surface area contributed by atoms with E-state index in [-0.39, 0.29) is 11.8 Å². The third kappa shape index (κ3) is 3.80. The summed E-state index contributed by atoms with van der Waals surface area (Å²) in [5.74, 6) is 0.121. The molecule has 0 spiro atoms. The van der Waals surface area contributed by atoms with Crippen molar-refractivity contribution in [2.45, 2.75) is 39.3 Å². The molecule has 7 heteroatoms. The maximum absolute atomic E-state index is 13.2. The average molecular weight is 422 g/mol. The van der Waals surface area contributed by atoms with E-state index in [9.17, 15) is 9.59 Å². The fourth-order valence-corrected chi connectivity index (χ4v) is 4.10. The molecule has 2 unspecified atom stereocenters. The number of hydrogen-bond donors (Lipinski definition) is 1. The van der Waals surface area contributed by atoms with Gasteiger partial charge in [-0.15, -0.1) is 11.3 Å². The molecular formula is C23H23N3O3S. The SMILES string of the molecule is CCC1Oc2ccc(-c3csc(C)n3)cc2N(C(C)C(=O)Nc2ccccc2)C1=O. The van der Waals surface area contributed by atoms with Gasteiger partial charge in [-0.25, -0.2) is 4.98 Å². The molecule has 2 heterocycles. The molecule has 0 saturated heterocycles. The summed E-state index contributed by atoms with van der Waals surface area (Å²) in [7, 11) is 0. The van der Waals surface area contributed by atoms with E-state index in [0.717, 1.165) is 16.3 Å². The summed E-state index contributed by atoms with van der Waals surface area (Å²) < 4.78 is 5.93. The second kappa shape index (κ2) is 8.28. The maximum atomic E-state index is 13.2. The standard InChI is InChI=1S/C23H23N3O3S/c1-4-20-23(28)26(14(2)22(27)25-17-8-6-5-7-9-17)19-12-16(10-11-21(19)29-20)18-13-30-15(3)24-18/h5-14,20H,4H2,1-3H3,(H,25,27). The first-order chi connectivity index (χ1) is 14.5. The summed E-state index contributed by atoms with van der Waals surface area (Å²) in [6.45, 7) is 5.58. The van der Waals surface area contributed by atoms with Crippen LogP contribution in [0.1, 0.15) is 25.3 Å². The van der Waals surface area contributed by atoms with Crippen molar-refractivity contribution in [3.63, 3.8) is 0 Å². The lowest BCUT2D eigenvalue weighted by Gasteiger charge is -2.37. The van der Waals surface area contributed by atoms with E-state index in [0.29, 0.717) is 23.5 Å². The van der Waals surface area contributed by atoms with Gasteiger partial charge >= 0.3 is 0 Å². The fourth-order valence-electron chi connectivity index (χ4n) is 3.48. The highest BCUT2D eigenvalue weighted by atomic mass is 32.1. The van der Waals surface area contributed by atoms with Gasteiger partial charge in [-0.3, -0.25) is 14.5 Å². The lowest BCUT2D eigenvalue weighted by Crippen LogP contribution is -2.53. The molecule has 1 aliphatic rings. The molecule has 1 N–H and O–H groups in total. The number of fused-ring (bicyclic) bond motifs is 1. The second-order valence-electron chi connectivity index (χ2n) is 7.19. The minimum Gasteiger partial charge on any atom is -0.478 e. The van der Waals surface area contributed by atoms with Gasteiger partial charge in [0.25, 0.3) is 5.91 Å². The first-order valence-corrected chi connectivity index (χ1v) is 10.8. The van der Waals surface area contributed by atoms with Crippen LogP contribution < -0.4 is 15.0 Å². The van der Waals surface area contributed by atoms with E-state index >= 15 is 0 Å². The van der Waals surface area contributed by atoms with Gasteiger partial charge in [-0.1, -0.05) is 25.1 Å². The number of aromatic nitrogens is 1. The Hall–Kier alpha value is -3.19. The van der Waals surface area contributed by atoms with Crippen LogP contribution in [0.2, 0.25) is 0 Å². The number of amides is 2. The monoisotopic (exact) mass is 421 g/mol. The van der Waals surface area contributed by atoms with E-state index in [1.165, 1.54) is 0 Å². The van der Waals surface area contributed by atoms with E-state index in [1.54, 1.807) is 23.2 Å². The lowest BCUT2D eigenvalue weighted by molar-refractivity contribution is -0.129. The third-order valence-corrected chi connectivity index (χ3v) is 5.87. The number of anilines is 2. The predicted molar refractivity (Wildman–Crippen MR) is 119 cm³/mol. The topological polar surface area (TPSA) is 71.5 Å². The van der Waals surface area contributed by atoms with Crippen LogP contribution in [0.15, 0.2) is 53.9 Å². The number of aryl methyl sites for hydroxylation is 1. The molecule has 2 aromatic carbocycles. The van der Waals surface area contributed by atoms with Crippen LogP contribution in [0.4, 0.5) is 11.4 Å². The lowest BCUT2D eigenvalue weighted by atomic mass is 10.0. The molecule has 30 heavy (non-hydrogen) atoms. The highest BCUT2D eigenvalue weighted by Gasteiger charge is 2.38. The van der Waals surface area contributed by atoms with Crippen LogP contribution in [-0.2, 0) is 9.59 Å². The Morgan fingerprint density at radius 3 is 2.70 bits per heavy atom. The minimum atomic E-state index is -0.707. The first kappa shape index (κ1) is 20.1. The molecule has 1 aromatic heterocycles. The van der Waals surface area contributed by atoms with Crippen LogP contribution in [0.5, 0.6) is 5.75 Å². The summed E-state index contributed by atoms with van der Waals surface area (Å²) in [6.07, 6.45) is -0.0914. The molecule has 4 rings (SSSR count). The van der Waals surface area contributed by atoms with Crippen molar-refractivity contribution >= 4 is 34.5 Å². The molecule has 1 aliphatic heterocycles. The van der Waals surface area contributed by atoms with Crippen LogP contribution in [0, 0.1) is 6.92 Å². The van der Waals surface area contributed by atoms with E-state index in [2.05, 4.69) is 10.3 Å². The van der Waals surface area contributed by atoms with Crippen molar-refractivity contribution in [3.8, 4) is 17.0 Å². The fraction of sp³-hybridized carbons (Fsp3) is 0.261. The van der Waals surface area contributed by atoms with Crippen LogP contribution >= 0.6 is 11.3 Å². The van der Waals surface area contributed by atoms with Crippen molar-refractivity contribution < 1.29 is 14.3 Å². The van der Waals surface area contributed by atoms with Crippen molar-refractivity contribution in [2.24, 2.45) is 0 Å². The van der Waals surface area contributed by atoms with E-state index in [1.807, 2.05) is 67.8 Å². The predicted octanol–water partition coefficient (Wildman–Crippen LogP) is 4.65. The van der Waals surface area contributed by atoms with Crippen LogP contribution in [0.25, 0.3) is 11.3 Å². The number of thiazole rings is 1. The number of para-hydroxylation sites is 1. The Morgan fingerprint density at radius 2 is 2.03 bits per heavy atom. The van der Waals surface area contributed by atoms with E-state index in [4.69, 9.17) is 4.74 Å². The van der Waals surface area contributed by atoms with Gasteiger partial charge in [-0.05, 0) is 50.6 Å². The number of carbonyl (C=O) groups is 2. The number of carbonyl (C=O) groups excluding carboxylic acids is 2. The summed E-state index contributed by atoms with van der Waals surface area (Å²) in [4.78, 5) is 32.2. The summed E-state index contributed by atoms with van der Waals surface area (Å²) in [5, 5.41) is 5.83. The van der Waals surface area contributed by atoms with Crippen molar-refractivity contribution in [3.05, 3.63) is 58.9 Å². The van der Waals surface area contributed by atoms with Gasteiger partial charge in [0, 0.05) is 16.6 Å². The number of nitrogens with zero attached hydrogens (tertiary/aromatic N) is 2. The quantitative estimate of drug-likeness (QED) is 0.651. The number of nitrogens with one attached hydrogen (secondary N) is 1. The first-order valence-electron chi connectivity index (χ1n) is 9.90. The van der Waals surface area contributed by atoms with Gasteiger partial charge in [0.15, 0.2) is 6.10 Å². The molecule has 2 amide bonds. The van der Waals surface area contributed by atoms with Crippen LogP contribution in [-0.4, -0.2) is 28.9 Å². The summed E-state index contributed by atoms with van der Waals surface area (Å²) in [6, 6.07) is 14.2. The Balaban J connectivity index is 1.70. The third-order valence-electron chi connectivity index (χ3n) is 5.09. The highest BCUT2D eigenvalue weighted by Crippen LogP contribution is 2.39. The largest absolute Gasteiger partial charge is 0.478 e. The Kier molecular flexibility index (Phi) is 5.55. The number of hydrogen-bond acceptors (Lipinski definition) is 5. The average Bonchev–Trinajstić information content (AvgIpc) is 3.19. The van der Waals surface area contributed by atoms with E-state index < -0.39 is 12.1 Å². The molecule has 2 atom stereocenters. The molecule has 0 aliphatic carbocycles. The van der Waals surface area contributed by atoms with Gasteiger partial charge in [0.2, 0.25) is 5.91 Å². The molecule has 3 aromatic rings. The van der Waals surface area contributed by atoms with Crippen molar-refractivity contribution in [1.82, 2.24) is 4.98 Å². The normalized spacial score (nSPS) is 16.6. The Morgan fingerprint density at radius 1 is 1.27 bits per heavy atom. The zero-order valence-electron chi connectivity index (χ0n) is 17.1. The molecule has 6 nitrogen and oxygen atoms in total. The van der Waals surface area contributed by atoms with Crippen molar-refractivity contribution in [2.75, 3.05) is 10.2 Å². The maximum Gasteiger partial charge on any atom is 0.268 e. The molecule has 0 saturated carbocycles. The molecule has 0 radical (unpaired) electrons. The minimum absolute atomic E-state index is 0.215. The molecule has 0 fully saturated rings. The second-order valence-corrected chi connectivity index (χ2v) is 8.25. The Bertz CT molecular complexity index is 1080. The van der Waals surface area contributed by atoms with Crippen LogP contribution in [0.3, 0.4) is 0 Å². The Labute approximate surface area is 179 Å². The van der Waals surface area contributed by atoms with Gasteiger partial charge in [-0.2, -0.15) is 0 Å². The summed E-state index contributed by atoms with van der Waals surface area (Å²) in [5.41, 5.74) is 2.99. The number of benzene rings is 2. The van der Waals surface area contributed by atoms with Gasteiger partial charge < -0.3 is 10.1 Å². The number of ether oxygens (including phenoxy) is 1. The molecule has 0 bridgehead atoms. The molecular weight excluding hydrogens is 398 g/mol. The van der Waals surface area contributed by atoms with Gasteiger partial charge in [0.05, 0.1) is 16.4 Å². The van der Waals surface area contributed by atoms with Gasteiger partial charge in [0.1, 0.15) is 11.8 Å². The van der Waals surface area contributed by atoms with Crippen molar-refractivity contribution in [1.29, 1.82) is 0 Å².